The maximum absolute atomic E-state index is 12.5. The van der Waals surface area contributed by atoms with Crippen molar-refractivity contribution in [2.75, 3.05) is 13.1 Å². The van der Waals surface area contributed by atoms with Crippen LogP contribution in [0.3, 0.4) is 0 Å². The minimum absolute atomic E-state index is 1.35. The summed E-state index contributed by atoms with van der Waals surface area (Å²) in [6.45, 7) is -5.75. The van der Waals surface area contributed by atoms with Crippen molar-refractivity contribution in [2.24, 2.45) is 0 Å². The van der Waals surface area contributed by atoms with Gasteiger partial charge in [0.2, 0.25) is 0 Å². The minimum atomic E-state index is -6.30. The second-order valence-corrected chi connectivity index (χ2v) is 3.54. The number of alkyl halides is 10. The van der Waals surface area contributed by atoms with Gasteiger partial charge in [0.25, 0.3) is 0 Å². The molecule has 0 aliphatic carbocycles. The lowest BCUT2D eigenvalue weighted by atomic mass is 10.2. The van der Waals surface area contributed by atoms with Crippen LogP contribution in [0.15, 0.2) is 0 Å². The third-order valence-electron chi connectivity index (χ3n) is 1.88. The summed E-state index contributed by atoms with van der Waals surface area (Å²) in [6.07, 6.45) is -15.4. The molecule has 0 aromatic rings. The van der Waals surface area contributed by atoms with Gasteiger partial charge in [-0.3, -0.25) is 4.90 Å². The van der Waals surface area contributed by atoms with E-state index in [0.29, 0.717) is 0 Å². The van der Waals surface area contributed by atoms with Crippen molar-refractivity contribution in [3.05, 3.63) is 0 Å². The largest absolute Gasteiger partial charge is 0.465 e. The molecule has 0 aromatic carbocycles. The van der Waals surface area contributed by atoms with E-state index in [9.17, 15) is 48.7 Å². The Bertz CT molecular complexity index is 332. The van der Waals surface area contributed by atoms with E-state index in [4.69, 9.17) is 5.11 Å². The van der Waals surface area contributed by atoms with E-state index in [2.05, 4.69) is 0 Å². The lowest BCUT2D eigenvalue weighted by molar-refractivity contribution is -0.300. The molecular formula is C7H5F10NO2. The molecule has 0 bridgehead atoms. The van der Waals surface area contributed by atoms with Gasteiger partial charge in [-0.2, -0.15) is 43.9 Å². The van der Waals surface area contributed by atoms with Crippen molar-refractivity contribution in [1.82, 2.24) is 4.90 Å². The van der Waals surface area contributed by atoms with Gasteiger partial charge in [0.15, 0.2) is 0 Å². The van der Waals surface area contributed by atoms with Gasteiger partial charge >= 0.3 is 30.3 Å². The molecule has 3 nitrogen and oxygen atoms in total. The molecule has 0 saturated carbocycles. The summed E-state index contributed by atoms with van der Waals surface area (Å²) in [7, 11) is 0. The highest BCUT2D eigenvalue weighted by molar-refractivity contribution is 5.65. The molecule has 0 aliphatic heterocycles. The van der Waals surface area contributed by atoms with Crippen LogP contribution in [0, 0.1) is 0 Å². The molecule has 0 radical (unpaired) electrons. The van der Waals surface area contributed by atoms with Gasteiger partial charge in [-0.15, -0.1) is 0 Å². The van der Waals surface area contributed by atoms with Crippen LogP contribution >= 0.6 is 0 Å². The van der Waals surface area contributed by atoms with Crippen molar-refractivity contribution in [1.29, 1.82) is 0 Å². The van der Waals surface area contributed by atoms with Crippen LogP contribution < -0.4 is 0 Å². The van der Waals surface area contributed by atoms with Gasteiger partial charge in [-0.25, -0.2) is 4.79 Å². The van der Waals surface area contributed by atoms with E-state index in [1.54, 1.807) is 0 Å². The first-order valence-corrected chi connectivity index (χ1v) is 4.38. The molecule has 0 rings (SSSR count). The predicted octanol–water partition coefficient (Wildman–Crippen LogP) is 3.36. The number of hydrogen-bond donors (Lipinski definition) is 1. The third-order valence-corrected chi connectivity index (χ3v) is 1.88. The zero-order valence-electron chi connectivity index (χ0n) is 9.00. The Morgan fingerprint density at radius 3 is 1.15 bits per heavy atom. The Hall–Kier alpha value is -1.43. The summed E-state index contributed by atoms with van der Waals surface area (Å²) >= 11 is 0. The number of rotatable bonds is 4. The Morgan fingerprint density at radius 2 is 1.00 bits per heavy atom. The number of carboxylic acid groups (broad SMARTS) is 1. The number of nitrogens with zero attached hydrogens (tertiary/aromatic N) is 1. The van der Waals surface area contributed by atoms with Crippen LogP contribution in [0.2, 0.25) is 0 Å². The highest BCUT2D eigenvalue weighted by atomic mass is 19.4. The van der Waals surface area contributed by atoms with Crippen LogP contribution in [0.4, 0.5) is 48.7 Å². The van der Waals surface area contributed by atoms with Gasteiger partial charge in [0, 0.05) is 0 Å². The molecule has 1 N–H and O–H groups in total. The van der Waals surface area contributed by atoms with E-state index < -0.39 is 48.3 Å². The molecule has 0 heterocycles. The highest BCUT2D eigenvalue weighted by Gasteiger charge is 2.62. The summed E-state index contributed by atoms with van der Waals surface area (Å²) in [5.41, 5.74) is 0. The highest BCUT2D eigenvalue weighted by Crippen LogP contribution is 2.39. The van der Waals surface area contributed by atoms with Crippen molar-refractivity contribution in [3.63, 3.8) is 0 Å². The van der Waals surface area contributed by atoms with Gasteiger partial charge in [0.1, 0.15) is 0 Å². The lowest BCUT2D eigenvalue weighted by Crippen LogP contribution is -2.54. The molecule has 13 heteroatoms. The summed E-state index contributed by atoms with van der Waals surface area (Å²) in [5, 5.41) is 8.16. The molecule has 0 unspecified atom stereocenters. The standard InChI is InChI=1S/C7H5F10NO2/c8-4(9,6(12,13)14)1-18(3(19)20)2-5(10,11)7(15,16)17/h1-2H2,(H,19,20). The first kappa shape index (κ1) is 18.6. The van der Waals surface area contributed by atoms with Crippen LogP contribution in [-0.4, -0.2) is 53.4 Å². The van der Waals surface area contributed by atoms with Gasteiger partial charge < -0.3 is 5.11 Å². The maximum atomic E-state index is 12.5. The Balaban J connectivity index is 5.18. The molecular weight excluding hydrogens is 320 g/mol. The second kappa shape index (κ2) is 5.16. The van der Waals surface area contributed by atoms with E-state index in [-0.39, 0.29) is 0 Å². The van der Waals surface area contributed by atoms with Crippen molar-refractivity contribution < 1.29 is 53.8 Å². The smallest absolute Gasteiger partial charge is 0.455 e. The fourth-order valence-corrected chi connectivity index (χ4v) is 0.850. The van der Waals surface area contributed by atoms with Gasteiger partial charge in [0.05, 0.1) is 13.1 Å². The topological polar surface area (TPSA) is 40.5 Å². The molecule has 1 amide bonds. The van der Waals surface area contributed by atoms with E-state index >= 15 is 0 Å². The van der Waals surface area contributed by atoms with Crippen molar-refractivity contribution >= 4 is 6.09 Å². The molecule has 0 fully saturated rings. The summed E-state index contributed by atoms with van der Waals surface area (Å²) < 4.78 is 120. The van der Waals surface area contributed by atoms with Crippen LogP contribution in [0.25, 0.3) is 0 Å². The summed E-state index contributed by atoms with van der Waals surface area (Å²) in [4.78, 5) is 8.89. The average Bonchev–Trinajstić information content (AvgIpc) is 2.11. The number of hydrogen-bond acceptors (Lipinski definition) is 1. The van der Waals surface area contributed by atoms with E-state index in [1.165, 1.54) is 0 Å². The van der Waals surface area contributed by atoms with Crippen molar-refractivity contribution in [2.45, 2.75) is 24.2 Å². The van der Waals surface area contributed by atoms with Crippen molar-refractivity contribution in [3.8, 4) is 0 Å². The predicted molar refractivity (Wildman–Crippen MR) is 41.6 cm³/mol. The number of carbonyl (C=O) groups is 1. The maximum Gasteiger partial charge on any atom is 0.455 e. The first-order chi connectivity index (χ1) is 8.51. The SMILES string of the molecule is O=C(O)N(CC(F)(F)C(F)(F)F)CC(F)(F)C(F)(F)F. The van der Waals surface area contributed by atoms with Gasteiger partial charge in [-0.1, -0.05) is 0 Å². The quantitative estimate of drug-likeness (QED) is 0.805. The Morgan fingerprint density at radius 1 is 0.750 bits per heavy atom. The Kier molecular flexibility index (Phi) is 4.79. The molecule has 0 spiro atoms. The zero-order valence-corrected chi connectivity index (χ0v) is 9.00. The molecule has 0 atom stereocenters. The molecule has 20 heavy (non-hydrogen) atoms. The summed E-state index contributed by atoms with van der Waals surface area (Å²) in [6, 6.07) is 0. The molecule has 0 aliphatic rings. The van der Waals surface area contributed by atoms with Crippen LogP contribution in [-0.2, 0) is 0 Å². The van der Waals surface area contributed by atoms with Crippen LogP contribution in [0.1, 0.15) is 0 Å². The van der Waals surface area contributed by atoms with E-state index in [0.717, 1.165) is 0 Å². The lowest BCUT2D eigenvalue weighted by Gasteiger charge is -2.30. The first-order valence-electron chi connectivity index (χ1n) is 4.38. The van der Waals surface area contributed by atoms with Gasteiger partial charge in [-0.05, 0) is 0 Å². The van der Waals surface area contributed by atoms with Crippen LogP contribution in [0.5, 0.6) is 0 Å². The van der Waals surface area contributed by atoms with E-state index in [1.807, 2.05) is 0 Å². The molecule has 0 saturated heterocycles. The zero-order chi connectivity index (χ0) is 16.6. The summed E-state index contributed by atoms with van der Waals surface area (Å²) in [5.74, 6) is -11.5. The number of amides is 1. The minimum Gasteiger partial charge on any atom is -0.465 e. The molecule has 0 aromatic heterocycles. The monoisotopic (exact) mass is 325 g/mol. The third kappa shape index (κ3) is 4.30. The molecule has 120 valence electrons. The fraction of sp³-hybridized carbons (Fsp3) is 0.857. The Labute approximate surface area is 103 Å². The average molecular weight is 325 g/mol. The second-order valence-electron chi connectivity index (χ2n) is 3.54. The fourth-order valence-electron chi connectivity index (χ4n) is 0.850. The normalized spacial score (nSPS) is 14.3. The number of halogens is 10.